The van der Waals surface area contributed by atoms with Gasteiger partial charge in [0.25, 0.3) is 0 Å². The molecule has 2 atom stereocenters. The number of likely N-dealkylation sites (tertiary alicyclic amines) is 1. The molecular weight excluding hydrogens is 322 g/mol. The molecule has 1 aromatic rings. The van der Waals surface area contributed by atoms with Crippen LogP contribution in [0.4, 0.5) is 0 Å². The Balaban J connectivity index is 1.26. The van der Waals surface area contributed by atoms with Gasteiger partial charge in [0.1, 0.15) is 0 Å². The van der Waals surface area contributed by atoms with Crippen LogP contribution in [0.2, 0.25) is 0 Å². The molecule has 136 valence electrons. The number of carbonyl (C=O) groups is 2. The number of aromatic nitrogens is 3. The number of carbonyl (C=O) groups excluding carboxylic acids is 2. The molecule has 0 radical (unpaired) electrons. The summed E-state index contributed by atoms with van der Waals surface area (Å²) >= 11 is 0. The average Bonchev–Trinajstić information content (AvgIpc) is 3.30. The molecule has 1 saturated heterocycles. The maximum absolute atomic E-state index is 12.5. The van der Waals surface area contributed by atoms with E-state index in [0.29, 0.717) is 25.7 Å². The molecular formula is C17H25N5O3. The van der Waals surface area contributed by atoms with Crippen LogP contribution in [-0.4, -0.2) is 56.9 Å². The third-order valence-corrected chi connectivity index (χ3v) is 5.57. The lowest BCUT2D eigenvalue weighted by Gasteiger charge is -2.41. The minimum absolute atomic E-state index is 0.00342. The molecule has 1 saturated carbocycles. The number of nitrogens with one attached hydrogen (secondary N) is 1. The summed E-state index contributed by atoms with van der Waals surface area (Å²) in [7, 11) is 0. The normalized spacial score (nSPS) is 26.2. The Bertz CT molecular complexity index is 640. The Morgan fingerprint density at radius 3 is 2.92 bits per heavy atom. The van der Waals surface area contributed by atoms with E-state index in [-0.39, 0.29) is 36.8 Å². The lowest BCUT2D eigenvalue weighted by Crippen LogP contribution is -2.50. The summed E-state index contributed by atoms with van der Waals surface area (Å²) in [5.74, 6) is 0.0318. The Labute approximate surface area is 146 Å². The van der Waals surface area contributed by atoms with E-state index < -0.39 is 0 Å². The van der Waals surface area contributed by atoms with Crippen LogP contribution in [0.15, 0.2) is 6.20 Å². The molecule has 1 aromatic heterocycles. The Morgan fingerprint density at radius 1 is 1.24 bits per heavy atom. The zero-order valence-electron chi connectivity index (χ0n) is 14.4. The summed E-state index contributed by atoms with van der Waals surface area (Å²) in [6.45, 7) is 1.72. The van der Waals surface area contributed by atoms with E-state index in [1.54, 1.807) is 6.20 Å². The van der Waals surface area contributed by atoms with Crippen molar-refractivity contribution < 1.29 is 14.3 Å². The van der Waals surface area contributed by atoms with E-state index >= 15 is 0 Å². The molecule has 2 fully saturated rings. The van der Waals surface area contributed by atoms with Crippen molar-refractivity contribution in [2.75, 3.05) is 13.1 Å². The first-order chi connectivity index (χ1) is 12.2. The minimum atomic E-state index is -0.0424. The van der Waals surface area contributed by atoms with Gasteiger partial charge in [0.2, 0.25) is 11.8 Å². The number of piperidine rings is 1. The van der Waals surface area contributed by atoms with E-state index in [0.717, 1.165) is 25.0 Å². The van der Waals surface area contributed by atoms with Crippen molar-refractivity contribution in [3.8, 4) is 0 Å². The molecule has 1 aliphatic carbocycles. The lowest BCUT2D eigenvalue weighted by molar-refractivity contribution is -0.141. The Hall–Kier alpha value is -1.96. The molecule has 25 heavy (non-hydrogen) atoms. The van der Waals surface area contributed by atoms with Gasteiger partial charge in [-0.3, -0.25) is 9.59 Å². The quantitative estimate of drug-likeness (QED) is 0.870. The van der Waals surface area contributed by atoms with E-state index in [1.807, 2.05) is 9.58 Å². The van der Waals surface area contributed by atoms with Gasteiger partial charge in [-0.1, -0.05) is 18.1 Å². The molecule has 2 aliphatic heterocycles. The number of amides is 2. The molecule has 8 heteroatoms. The molecule has 2 amide bonds. The number of hydrogen-bond donors (Lipinski definition) is 1. The fourth-order valence-electron chi connectivity index (χ4n) is 4.16. The predicted molar refractivity (Wildman–Crippen MR) is 88.5 cm³/mol. The topological polar surface area (TPSA) is 89.3 Å². The van der Waals surface area contributed by atoms with Crippen molar-refractivity contribution in [1.82, 2.24) is 25.2 Å². The van der Waals surface area contributed by atoms with Gasteiger partial charge < -0.3 is 15.0 Å². The van der Waals surface area contributed by atoms with Gasteiger partial charge in [-0.2, -0.15) is 0 Å². The van der Waals surface area contributed by atoms with Crippen molar-refractivity contribution in [2.24, 2.45) is 0 Å². The highest BCUT2D eigenvalue weighted by atomic mass is 16.5. The van der Waals surface area contributed by atoms with Crippen molar-refractivity contribution in [3.63, 3.8) is 0 Å². The molecule has 0 unspecified atom stereocenters. The van der Waals surface area contributed by atoms with Gasteiger partial charge in [0, 0.05) is 32.0 Å². The molecule has 1 N–H and O–H groups in total. The zero-order chi connectivity index (χ0) is 17.2. The van der Waals surface area contributed by atoms with Crippen LogP contribution >= 0.6 is 0 Å². The van der Waals surface area contributed by atoms with Gasteiger partial charge in [-0.25, -0.2) is 4.68 Å². The van der Waals surface area contributed by atoms with E-state index in [1.165, 1.54) is 12.8 Å². The monoisotopic (exact) mass is 347 g/mol. The summed E-state index contributed by atoms with van der Waals surface area (Å²) in [5.41, 5.74) is 0.990. The smallest absolute Gasteiger partial charge is 0.223 e. The highest BCUT2D eigenvalue weighted by molar-refractivity contribution is 5.84. The number of ether oxygens (including phenoxy) is 1. The standard InChI is InChI=1S/C17H25N5O3/c23-16(19-12-3-1-2-4-12)5-6-17(24)21-8-7-14-15(10-21)25-11-13-9-18-20-22(13)14/h9,12,14-15H,1-8,10-11H2,(H,19,23)/t14-,15-/m0/s1. The average molecular weight is 347 g/mol. The molecule has 3 aliphatic rings. The summed E-state index contributed by atoms with van der Waals surface area (Å²) < 4.78 is 7.82. The van der Waals surface area contributed by atoms with Crippen molar-refractivity contribution in [1.29, 1.82) is 0 Å². The second kappa shape index (κ2) is 7.11. The maximum Gasteiger partial charge on any atom is 0.223 e. The summed E-state index contributed by atoms with van der Waals surface area (Å²) in [4.78, 5) is 26.3. The first kappa shape index (κ1) is 16.5. The zero-order valence-corrected chi connectivity index (χ0v) is 14.4. The van der Waals surface area contributed by atoms with Crippen LogP contribution in [0.5, 0.6) is 0 Å². The Morgan fingerprint density at radius 2 is 2.08 bits per heavy atom. The highest BCUT2D eigenvalue weighted by Gasteiger charge is 2.37. The van der Waals surface area contributed by atoms with E-state index in [9.17, 15) is 9.59 Å². The van der Waals surface area contributed by atoms with Crippen molar-refractivity contribution in [3.05, 3.63) is 11.9 Å². The summed E-state index contributed by atoms with van der Waals surface area (Å²) in [6.07, 6.45) is 7.55. The van der Waals surface area contributed by atoms with Crippen LogP contribution in [0, 0.1) is 0 Å². The van der Waals surface area contributed by atoms with Gasteiger partial charge >= 0.3 is 0 Å². The van der Waals surface area contributed by atoms with Crippen LogP contribution in [0.3, 0.4) is 0 Å². The first-order valence-corrected chi connectivity index (χ1v) is 9.28. The third kappa shape index (κ3) is 3.53. The molecule has 3 heterocycles. The number of fused-ring (bicyclic) bond motifs is 3. The van der Waals surface area contributed by atoms with Gasteiger partial charge in [-0.05, 0) is 19.3 Å². The second-order valence-electron chi connectivity index (χ2n) is 7.26. The number of hydrogen-bond acceptors (Lipinski definition) is 5. The summed E-state index contributed by atoms with van der Waals surface area (Å²) in [6, 6.07) is 0.465. The van der Waals surface area contributed by atoms with Crippen LogP contribution in [0.25, 0.3) is 0 Å². The summed E-state index contributed by atoms with van der Waals surface area (Å²) in [5, 5.41) is 11.1. The van der Waals surface area contributed by atoms with Gasteiger partial charge in [0.15, 0.2) is 0 Å². The molecule has 0 aromatic carbocycles. The van der Waals surface area contributed by atoms with Crippen molar-refractivity contribution >= 4 is 11.8 Å². The largest absolute Gasteiger partial charge is 0.368 e. The molecule has 0 spiro atoms. The fourth-order valence-corrected chi connectivity index (χ4v) is 4.16. The molecule has 4 rings (SSSR count). The number of nitrogens with zero attached hydrogens (tertiary/aromatic N) is 4. The Kier molecular flexibility index (Phi) is 4.70. The van der Waals surface area contributed by atoms with E-state index in [2.05, 4.69) is 15.6 Å². The highest BCUT2D eigenvalue weighted by Crippen LogP contribution is 2.30. The minimum Gasteiger partial charge on any atom is -0.368 e. The second-order valence-corrected chi connectivity index (χ2v) is 7.26. The molecule has 8 nitrogen and oxygen atoms in total. The molecule has 0 bridgehead atoms. The van der Waals surface area contributed by atoms with Crippen LogP contribution in [-0.2, 0) is 20.9 Å². The predicted octanol–water partition coefficient (Wildman–Crippen LogP) is 0.789. The van der Waals surface area contributed by atoms with Gasteiger partial charge in [-0.15, -0.1) is 5.10 Å². The first-order valence-electron chi connectivity index (χ1n) is 9.28. The maximum atomic E-state index is 12.5. The van der Waals surface area contributed by atoms with E-state index in [4.69, 9.17) is 4.74 Å². The van der Waals surface area contributed by atoms with Crippen LogP contribution < -0.4 is 5.32 Å². The fraction of sp³-hybridized carbons (Fsp3) is 0.765. The SMILES string of the molecule is O=C(CCC(=O)N1CC[C@H]2[C@H](C1)OCc1cnnn12)NC1CCCC1. The number of rotatable bonds is 4. The van der Waals surface area contributed by atoms with Gasteiger partial charge in [0.05, 0.1) is 30.6 Å². The van der Waals surface area contributed by atoms with Crippen molar-refractivity contribution in [2.45, 2.75) is 69.7 Å². The lowest BCUT2D eigenvalue weighted by atomic mass is 9.99. The van der Waals surface area contributed by atoms with Crippen LogP contribution in [0.1, 0.15) is 56.7 Å². The third-order valence-electron chi connectivity index (χ3n) is 5.57.